The SMILES string of the molecule is COc1ccc(C(N)=O)c(-c2c(Cl)c(F)cc3c2C(CO)C(CN(C)C(=O)OC(C)(C)C)(c2ccccc2)O3)c1F. The Bertz CT molecular complexity index is 1490. The smallest absolute Gasteiger partial charge is 0.410 e. The van der Waals surface area contributed by atoms with Crippen LogP contribution < -0.4 is 15.2 Å². The van der Waals surface area contributed by atoms with Crippen molar-refractivity contribution in [3.8, 4) is 22.6 Å². The van der Waals surface area contributed by atoms with Crippen LogP contribution >= 0.6 is 11.6 Å². The van der Waals surface area contributed by atoms with E-state index in [1.54, 1.807) is 51.1 Å². The molecule has 2 unspecified atom stereocenters. The first kappa shape index (κ1) is 30.1. The molecule has 41 heavy (non-hydrogen) atoms. The predicted octanol–water partition coefficient (Wildman–Crippen LogP) is 5.62. The van der Waals surface area contributed by atoms with Crippen molar-refractivity contribution >= 4 is 23.6 Å². The number of halogens is 3. The second kappa shape index (κ2) is 11.2. The lowest BCUT2D eigenvalue weighted by Gasteiger charge is -2.38. The molecule has 0 radical (unpaired) electrons. The number of benzene rings is 3. The molecule has 0 aromatic heterocycles. The van der Waals surface area contributed by atoms with E-state index in [1.165, 1.54) is 31.2 Å². The van der Waals surface area contributed by atoms with Gasteiger partial charge in [-0.1, -0.05) is 41.9 Å². The van der Waals surface area contributed by atoms with Gasteiger partial charge in [-0.05, 0) is 38.5 Å². The van der Waals surface area contributed by atoms with E-state index in [9.17, 15) is 14.7 Å². The number of hydrogen-bond donors (Lipinski definition) is 2. The summed E-state index contributed by atoms with van der Waals surface area (Å²) in [6.07, 6.45) is -0.664. The molecule has 0 fully saturated rings. The van der Waals surface area contributed by atoms with Gasteiger partial charge in [0, 0.05) is 29.8 Å². The maximum atomic E-state index is 15.9. The minimum atomic E-state index is -1.50. The first-order valence-corrected chi connectivity index (χ1v) is 13.1. The Morgan fingerprint density at radius 2 is 1.80 bits per heavy atom. The van der Waals surface area contributed by atoms with Crippen molar-refractivity contribution in [2.45, 2.75) is 37.9 Å². The molecule has 218 valence electrons. The maximum Gasteiger partial charge on any atom is 0.410 e. The van der Waals surface area contributed by atoms with Gasteiger partial charge in [-0.15, -0.1) is 0 Å². The number of fused-ring (bicyclic) bond motifs is 1. The van der Waals surface area contributed by atoms with E-state index in [0.29, 0.717) is 5.56 Å². The number of likely N-dealkylation sites (N-methyl/N-ethyl adjacent to an activating group) is 1. The zero-order chi connectivity index (χ0) is 30.3. The van der Waals surface area contributed by atoms with E-state index in [1.807, 2.05) is 0 Å². The molecule has 3 N–H and O–H groups in total. The fourth-order valence-corrected chi connectivity index (χ4v) is 5.42. The van der Waals surface area contributed by atoms with E-state index < -0.39 is 57.9 Å². The Kier molecular flexibility index (Phi) is 8.20. The van der Waals surface area contributed by atoms with Crippen molar-refractivity contribution in [3.63, 3.8) is 0 Å². The summed E-state index contributed by atoms with van der Waals surface area (Å²) < 4.78 is 48.4. The number of aliphatic hydroxyl groups excluding tert-OH is 1. The van der Waals surface area contributed by atoms with Crippen LogP contribution in [0.4, 0.5) is 13.6 Å². The fraction of sp³-hybridized carbons (Fsp3) is 0.333. The summed E-state index contributed by atoms with van der Waals surface area (Å²) in [6.45, 7) is 4.42. The van der Waals surface area contributed by atoms with Gasteiger partial charge in [-0.25, -0.2) is 13.6 Å². The van der Waals surface area contributed by atoms with E-state index in [-0.39, 0.29) is 34.7 Å². The molecule has 1 heterocycles. The molecule has 0 saturated heterocycles. The maximum absolute atomic E-state index is 15.9. The monoisotopic (exact) mass is 588 g/mol. The van der Waals surface area contributed by atoms with Crippen molar-refractivity contribution < 1.29 is 37.7 Å². The number of methoxy groups -OCH3 is 1. The number of primary amides is 1. The molecule has 1 aliphatic heterocycles. The highest BCUT2D eigenvalue weighted by molar-refractivity contribution is 6.34. The Labute approximate surface area is 241 Å². The number of amides is 2. The van der Waals surface area contributed by atoms with Crippen LogP contribution in [0.2, 0.25) is 5.02 Å². The summed E-state index contributed by atoms with van der Waals surface area (Å²) in [5, 5.41) is 10.4. The van der Waals surface area contributed by atoms with Gasteiger partial charge in [-0.2, -0.15) is 0 Å². The second-order valence-corrected chi connectivity index (χ2v) is 11.1. The van der Waals surface area contributed by atoms with Gasteiger partial charge in [0.15, 0.2) is 17.2 Å². The van der Waals surface area contributed by atoms with Crippen molar-refractivity contribution in [1.29, 1.82) is 0 Å². The lowest BCUT2D eigenvalue weighted by Crippen LogP contribution is -2.49. The summed E-state index contributed by atoms with van der Waals surface area (Å²) in [5.41, 5.74) is 3.06. The molecule has 2 atom stereocenters. The largest absolute Gasteiger partial charge is 0.494 e. The molecule has 0 saturated carbocycles. The molecule has 4 rings (SSSR count). The van der Waals surface area contributed by atoms with Crippen LogP contribution in [-0.2, 0) is 10.3 Å². The summed E-state index contributed by atoms with van der Waals surface area (Å²) >= 11 is 6.49. The van der Waals surface area contributed by atoms with E-state index in [4.69, 9.17) is 31.5 Å². The minimum absolute atomic E-state index is 0.0555. The zero-order valence-electron chi connectivity index (χ0n) is 23.3. The van der Waals surface area contributed by atoms with Crippen LogP contribution in [0, 0.1) is 11.6 Å². The van der Waals surface area contributed by atoms with Crippen molar-refractivity contribution in [2.24, 2.45) is 5.73 Å². The number of nitrogens with zero attached hydrogens (tertiary/aromatic N) is 1. The molecule has 0 bridgehead atoms. The molecule has 3 aromatic rings. The quantitative estimate of drug-likeness (QED) is 0.370. The number of rotatable bonds is 7. The lowest BCUT2D eigenvalue weighted by molar-refractivity contribution is -0.00972. The summed E-state index contributed by atoms with van der Waals surface area (Å²) in [7, 11) is 2.73. The van der Waals surface area contributed by atoms with Gasteiger partial charge in [0.1, 0.15) is 17.2 Å². The van der Waals surface area contributed by atoms with Crippen LogP contribution in [-0.4, -0.2) is 54.9 Å². The molecule has 0 spiro atoms. The van der Waals surface area contributed by atoms with Gasteiger partial charge >= 0.3 is 6.09 Å². The van der Waals surface area contributed by atoms with Gasteiger partial charge in [0.05, 0.1) is 36.8 Å². The number of carbonyl (C=O) groups is 2. The Balaban J connectivity index is 2.01. The topological polar surface area (TPSA) is 111 Å². The predicted molar refractivity (Wildman–Crippen MR) is 149 cm³/mol. The van der Waals surface area contributed by atoms with Crippen LogP contribution in [0.3, 0.4) is 0 Å². The molecule has 8 nitrogen and oxygen atoms in total. The number of aliphatic hydroxyl groups is 1. The lowest BCUT2D eigenvalue weighted by atomic mass is 9.76. The summed E-state index contributed by atoms with van der Waals surface area (Å²) in [5.74, 6) is -4.27. The average Bonchev–Trinajstić information content (AvgIpc) is 3.22. The first-order valence-electron chi connectivity index (χ1n) is 12.7. The third kappa shape index (κ3) is 5.41. The Hall–Kier alpha value is -3.89. The van der Waals surface area contributed by atoms with Crippen molar-refractivity contribution in [1.82, 2.24) is 4.90 Å². The molecular formula is C30H31ClF2N2O6. The van der Waals surface area contributed by atoms with Crippen molar-refractivity contribution in [2.75, 3.05) is 27.3 Å². The molecular weight excluding hydrogens is 558 g/mol. The highest BCUT2D eigenvalue weighted by atomic mass is 35.5. The zero-order valence-corrected chi connectivity index (χ0v) is 24.0. The van der Waals surface area contributed by atoms with Gasteiger partial charge in [-0.3, -0.25) is 4.79 Å². The van der Waals surface area contributed by atoms with Gasteiger partial charge < -0.3 is 30.0 Å². The van der Waals surface area contributed by atoms with Crippen LogP contribution in [0.1, 0.15) is 48.2 Å². The summed E-state index contributed by atoms with van der Waals surface area (Å²) in [6, 6.07) is 12.2. The molecule has 2 amide bonds. The van der Waals surface area contributed by atoms with Crippen LogP contribution in [0.25, 0.3) is 11.1 Å². The summed E-state index contributed by atoms with van der Waals surface area (Å²) in [4.78, 5) is 26.7. The number of nitrogens with two attached hydrogens (primary N) is 1. The van der Waals surface area contributed by atoms with Gasteiger partial charge in [0.2, 0.25) is 5.91 Å². The van der Waals surface area contributed by atoms with Crippen molar-refractivity contribution in [3.05, 3.63) is 81.9 Å². The normalized spacial score (nSPS) is 17.9. The third-order valence-corrected chi connectivity index (χ3v) is 7.26. The highest BCUT2D eigenvalue weighted by Crippen LogP contribution is 2.56. The molecule has 1 aliphatic rings. The number of carbonyl (C=O) groups excluding carboxylic acids is 2. The molecule has 3 aromatic carbocycles. The second-order valence-electron chi connectivity index (χ2n) is 10.8. The first-order chi connectivity index (χ1) is 19.3. The number of hydrogen-bond acceptors (Lipinski definition) is 6. The Morgan fingerprint density at radius 1 is 1.15 bits per heavy atom. The Morgan fingerprint density at radius 3 is 2.37 bits per heavy atom. The fourth-order valence-electron chi connectivity index (χ4n) is 5.17. The van der Waals surface area contributed by atoms with E-state index in [0.717, 1.165) is 6.07 Å². The number of ether oxygens (including phenoxy) is 3. The van der Waals surface area contributed by atoms with E-state index in [2.05, 4.69) is 0 Å². The van der Waals surface area contributed by atoms with Crippen LogP contribution in [0.15, 0.2) is 48.5 Å². The average molecular weight is 589 g/mol. The molecule has 0 aliphatic carbocycles. The highest BCUT2D eigenvalue weighted by Gasteiger charge is 2.53. The molecule has 11 heteroatoms. The minimum Gasteiger partial charge on any atom is -0.494 e. The van der Waals surface area contributed by atoms with Gasteiger partial charge in [0.25, 0.3) is 0 Å². The van der Waals surface area contributed by atoms with E-state index >= 15 is 8.78 Å². The third-order valence-electron chi connectivity index (χ3n) is 6.89. The standard InChI is InChI=1S/C30H31ClF2N2O6/c1-29(2,3)41-28(38)35(4)15-30(16-9-7-6-8-10-16)18(14-36)23-21(40-30)13-19(32)25(31)24(23)22-17(27(34)37)11-12-20(39-5)26(22)33/h6-13,18,36H,14-15H2,1-5H3,(H2,34,37). The van der Waals surface area contributed by atoms with Crippen LogP contribution in [0.5, 0.6) is 11.5 Å².